The van der Waals surface area contributed by atoms with Crippen molar-refractivity contribution in [2.24, 2.45) is 11.8 Å². The second kappa shape index (κ2) is 10.7. The van der Waals surface area contributed by atoms with Gasteiger partial charge in [-0.3, -0.25) is 9.59 Å². The van der Waals surface area contributed by atoms with E-state index in [1.54, 1.807) is 13.2 Å². The smallest absolute Gasteiger partial charge is 0.416 e. The van der Waals surface area contributed by atoms with E-state index >= 15 is 0 Å². The summed E-state index contributed by atoms with van der Waals surface area (Å²) in [5, 5.41) is 3.08. The van der Waals surface area contributed by atoms with Crippen LogP contribution in [0.4, 0.5) is 13.2 Å². The van der Waals surface area contributed by atoms with Crippen molar-refractivity contribution in [3.05, 3.63) is 52.6 Å². The quantitative estimate of drug-likeness (QED) is 0.223. The van der Waals surface area contributed by atoms with Crippen LogP contribution in [0, 0.1) is 23.7 Å². The molecular formula is C34H38F3N2O5+. The van der Waals surface area contributed by atoms with Gasteiger partial charge in [-0.1, -0.05) is 19.8 Å². The maximum absolute atomic E-state index is 13.1. The third-order valence-electron chi connectivity index (χ3n) is 10.2. The second-order valence-corrected chi connectivity index (χ2v) is 13.3. The molecule has 10 heteroatoms. The number of nitrogens with one attached hydrogen (secondary N) is 1. The molecule has 7 nitrogen and oxygen atoms in total. The monoisotopic (exact) mass is 611 g/mol. The third kappa shape index (κ3) is 4.90. The second-order valence-electron chi connectivity index (χ2n) is 13.3. The normalized spacial score (nSPS) is 29.6. The molecule has 2 aromatic carbocycles. The molecule has 2 fully saturated rings. The Morgan fingerprint density at radius 2 is 1.91 bits per heavy atom. The Hall–Kier alpha value is -3.71. The van der Waals surface area contributed by atoms with Crippen LogP contribution in [0.2, 0.25) is 0 Å². The van der Waals surface area contributed by atoms with Gasteiger partial charge in [0.1, 0.15) is 11.9 Å². The van der Waals surface area contributed by atoms with Crippen molar-refractivity contribution < 1.29 is 41.5 Å². The number of esters is 1. The Bertz CT molecular complexity index is 1560. The molecule has 2 aliphatic carbocycles. The number of methoxy groups -OCH3 is 1. The van der Waals surface area contributed by atoms with Crippen molar-refractivity contribution in [3.63, 3.8) is 0 Å². The van der Waals surface area contributed by atoms with Crippen molar-refractivity contribution in [1.29, 1.82) is 0 Å². The van der Waals surface area contributed by atoms with Crippen molar-refractivity contribution in [3.8, 4) is 29.1 Å². The first kappa shape index (κ1) is 30.3. The fraction of sp³-hybridized carbons (Fsp3) is 0.529. The molecule has 1 saturated heterocycles. The maximum Gasteiger partial charge on any atom is 0.416 e. The Morgan fingerprint density at radius 1 is 1.18 bits per heavy atom. The molecule has 234 valence electrons. The largest absolute Gasteiger partial charge is 0.493 e. The lowest BCUT2D eigenvalue weighted by Crippen LogP contribution is -2.73. The highest BCUT2D eigenvalue weighted by Gasteiger charge is 2.69. The molecule has 1 unspecified atom stereocenters. The molecule has 0 radical (unpaired) electrons. The number of carbonyl (C=O) groups is 2. The predicted octanol–water partition coefficient (Wildman–Crippen LogP) is 5.02. The standard InChI is InChI=1S/C34H37F3N2O5/c1-19(2)18-39(4)15-14-33-24-11-12-25(38-29(41)13-8-21-6-9-22(10-7-21)34(35,36)37)32(33)44-31-28(42-5)17-27(43-20(3)40)23(30(31)33)16-26(24)39/h6-7,9-10,17,19,24-26,32H,11-12,14-16,18H2,1-5H3/p+1/t24-,25-,26+,32-,33-,39?/m0/s1. The zero-order valence-electron chi connectivity index (χ0n) is 25.6. The number of ether oxygens (including phenoxy) is 3. The summed E-state index contributed by atoms with van der Waals surface area (Å²) in [6, 6.07) is 6.11. The number of piperidine rings is 1. The molecule has 2 aromatic rings. The summed E-state index contributed by atoms with van der Waals surface area (Å²) in [4.78, 5) is 25.3. The van der Waals surface area contributed by atoms with Gasteiger partial charge in [-0.05, 0) is 37.1 Å². The van der Waals surface area contributed by atoms with Gasteiger partial charge in [-0.15, -0.1) is 0 Å². The topological polar surface area (TPSA) is 73.9 Å². The number of likely N-dealkylation sites (tertiary alicyclic amines) is 1. The van der Waals surface area contributed by atoms with Gasteiger partial charge in [-0.25, -0.2) is 0 Å². The molecule has 6 atom stereocenters. The minimum Gasteiger partial charge on any atom is -0.493 e. The molecule has 6 rings (SSSR count). The highest BCUT2D eigenvalue weighted by atomic mass is 19.4. The summed E-state index contributed by atoms with van der Waals surface area (Å²) < 4.78 is 58.0. The number of alkyl halides is 3. The number of benzene rings is 2. The molecular weight excluding hydrogens is 573 g/mol. The van der Waals surface area contributed by atoms with Crippen molar-refractivity contribution in [2.75, 3.05) is 27.2 Å². The Kier molecular flexibility index (Phi) is 7.39. The number of hydrogen-bond acceptors (Lipinski definition) is 5. The van der Waals surface area contributed by atoms with Gasteiger partial charge in [0.15, 0.2) is 11.5 Å². The number of halogens is 3. The number of hydrogen-bond donors (Lipinski definition) is 1. The average molecular weight is 612 g/mol. The molecule has 2 bridgehead atoms. The molecule has 4 aliphatic rings. The maximum atomic E-state index is 13.1. The van der Waals surface area contributed by atoms with Crippen LogP contribution >= 0.6 is 0 Å². The summed E-state index contributed by atoms with van der Waals surface area (Å²) in [5.74, 6) is 6.80. The Labute approximate surface area is 255 Å². The van der Waals surface area contributed by atoms with E-state index in [2.05, 4.69) is 38.1 Å². The summed E-state index contributed by atoms with van der Waals surface area (Å²) in [5.41, 5.74) is 1.18. The van der Waals surface area contributed by atoms with E-state index in [0.29, 0.717) is 41.1 Å². The van der Waals surface area contributed by atoms with Crippen LogP contribution in [-0.4, -0.2) is 61.8 Å². The van der Waals surface area contributed by atoms with Crippen LogP contribution in [0.5, 0.6) is 17.2 Å². The van der Waals surface area contributed by atoms with Crippen molar-refractivity contribution in [1.82, 2.24) is 5.32 Å². The Morgan fingerprint density at radius 3 is 2.55 bits per heavy atom. The fourth-order valence-corrected chi connectivity index (χ4v) is 8.73. The van der Waals surface area contributed by atoms with Gasteiger partial charge in [0, 0.05) is 60.3 Å². The first-order valence-corrected chi connectivity index (χ1v) is 15.2. The van der Waals surface area contributed by atoms with Crippen LogP contribution in [-0.2, 0) is 27.6 Å². The number of carbonyl (C=O) groups excluding carboxylic acids is 2. The van der Waals surface area contributed by atoms with Crippen LogP contribution in [0.15, 0.2) is 30.3 Å². The van der Waals surface area contributed by atoms with Crippen molar-refractivity contribution >= 4 is 11.9 Å². The number of nitrogens with zero attached hydrogens (tertiary/aromatic N) is 1. The molecule has 1 amide bonds. The summed E-state index contributed by atoms with van der Waals surface area (Å²) in [7, 11) is 3.91. The van der Waals surface area contributed by atoms with Gasteiger partial charge < -0.3 is 24.0 Å². The molecule has 1 spiro atoms. The zero-order chi connectivity index (χ0) is 31.6. The van der Waals surface area contributed by atoms with E-state index in [1.807, 2.05) is 0 Å². The van der Waals surface area contributed by atoms with Crippen LogP contribution in [0.3, 0.4) is 0 Å². The number of quaternary nitrogens is 1. The van der Waals surface area contributed by atoms with E-state index < -0.39 is 29.0 Å². The molecule has 1 saturated carbocycles. The summed E-state index contributed by atoms with van der Waals surface area (Å²) in [6.07, 6.45) is -1.62. The molecule has 1 N–H and O–H groups in total. The first-order valence-electron chi connectivity index (χ1n) is 15.2. The predicted molar refractivity (Wildman–Crippen MR) is 156 cm³/mol. The number of rotatable bonds is 5. The van der Waals surface area contributed by atoms with Crippen LogP contribution in [0.25, 0.3) is 0 Å². The first-order chi connectivity index (χ1) is 20.8. The van der Waals surface area contributed by atoms with Crippen LogP contribution in [0.1, 0.15) is 62.3 Å². The minimum atomic E-state index is -4.44. The molecule has 2 aliphatic heterocycles. The average Bonchev–Trinajstić information content (AvgIpc) is 3.30. The van der Waals surface area contributed by atoms with E-state index in [1.165, 1.54) is 19.1 Å². The van der Waals surface area contributed by atoms with Crippen molar-refractivity contribution in [2.45, 2.75) is 76.2 Å². The lowest BCUT2D eigenvalue weighted by atomic mass is 9.50. The summed E-state index contributed by atoms with van der Waals surface area (Å²) in [6.45, 7) is 7.87. The highest BCUT2D eigenvalue weighted by Crippen LogP contribution is 2.66. The lowest BCUT2D eigenvalue weighted by Gasteiger charge is -2.62. The highest BCUT2D eigenvalue weighted by molar-refractivity contribution is 5.94. The zero-order valence-corrected chi connectivity index (χ0v) is 25.6. The van der Waals surface area contributed by atoms with Gasteiger partial charge in [-0.2, -0.15) is 13.2 Å². The van der Waals surface area contributed by atoms with E-state index in [4.69, 9.17) is 14.2 Å². The van der Waals surface area contributed by atoms with E-state index in [0.717, 1.165) is 60.1 Å². The molecule has 44 heavy (non-hydrogen) atoms. The Balaban J connectivity index is 1.36. The number of amides is 1. The van der Waals surface area contributed by atoms with Gasteiger partial charge in [0.2, 0.25) is 0 Å². The van der Waals surface area contributed by atoms with E-state index in [9.17, 15) is 22.8 Å². The molecule has 0 aromatic heterocycles. The third-order valence-corrected chi connectivity index (χ3v) is 10.2. The van der Waals surface area contributed by atoms with Gasteiger partial charge in [0.05, 0.1) is 50.3 Å². The van der Waals surface area contributed by atoms with Gasteiger partial charge in [0.25, 0.3) is 5.91 Å². The molecule has 2 heterocycles. The van der Waals surface area contributed by atoms with E-state index in [-0.39, 0.29) is 18.2 Å². The lowest BCUT2D eigenvalue weighted by molar-refractivity contribution is -0.947. The van der Waals surface area contributed by atoms with Gasteiger partial charge >= 0.3 is 12.1 Å². The van der Waals surface area contributed by atoms with Crippen LogP contribution < -0.4 is 19.5 Å². The number of likely N-dealkylation sites (N-methyl/N-ethyl adjacent to an activating group) is 1. The summed E-state index contributed by atoms with van der Waals surface area (Å²) >= 11 is 0. The fourth-order valence-electron chi connectivity index (χ4n) is 8.73. The SMILES string of the molecule is COc1cc(OC(C)=O)c2c3c1O[C@H]1[C@@H](NC(=O)C#Cc4ccc(C(F)(F)F)cc4)CC[C@H]4[C@@H](C2)[N+](C)(CC(C)C)CC[C@@]341. The minimum absolute atomic E-state index is 0.287.